The smallest absolute Gasteiger partial charge is 0.303 e. The summed E-state index contributed by atoms with van der Waals surface area (Å²) in [6, 6.07) is 0. The molecule has 1 N–H and O–H groups in total. The summed E-state index contributed by atoms with van der Waals surface area (Å²) in [6.45, 7) is 8.55. The minimum atomic E-state index is -1.16. The van der Waals surface area contributed by atoms with Crippen molar-refractivity contribution >= 4 is 5.97 Å². The monoisotopic (exact) mass is 340 g/mol. The van der Waals surface area contributed by atoms with Gasteiger partial charge in [0.15, 0.2) is 11.9 Å². The van der Waals surface area contributed by atoms with E-state index >= 15 is 0 Å². The lowest BCUT2D eigenvalue weighted by Crippen LogP contribution is -2.65. The van der Waals surface area contributed by atoms with Crippen LogP contribution in [0.25, 0.3) is 0 Å². The number of aliphatic hydroxyl groups excluding tert-OH is 1. The largest absolute Gasteiger partial charge is 0.457 e. The van der Waals surface area contributed by atoms with Crippen LogP contribution in [0.4, 0.5) is 0 Å². The summed E-state index contributed by atoms with van der Waals surface area (Å²) in [5.74, 6) is 0.921. The zero-order valence-electron chi connectivity index (χ0n) is 14.1. The van der Waals surface area contributed by atoms with Crippen LogP contribution in [0.15, 0.2) is 12.7 Å². The molecule has 0 bridgehead atoms. The third kappa shape index (κ3) is 3.97. The maximum Gasteiger partial charge on any atom is 0.303 e. The number of terminal acetylenes is 1. The van der Waals surface area contributed by atoms with Crippen molar-refractivity contribution in [1.29, 1.82) is 0 Å². The highest BCUT2D eigenvalue weighted by molar-refractivity contribution is 5.66. The van der Waals surface area contributed by atoms with E-state index in [-0.39, 0.29) is 13.2 Å². The normalized spacial score (nSPS) is 37.3. The highest BCUT2D eigenvalue weighted by Crippen LogP contribution is 2.40. The fourth-order valence-corrected chi connectivity index (χ4v) is 3.12. The van der Waals surface area contributed by atoms with Crippen LogP contribution in [0.5, 0.6) is 0 Å². The van der Waals surface area contributed by atoms with E-state index in [9.17, 15) is 9.90 Å². The number of hydrogen-bond acceptors (Lipinski definition) is 7. The second-order valence-corrected chi connectivity index (χ2v) is 6.20. The molecular formula is C17H24O7. The fraction of sp³-hybridized carbons (Fsp3) is 0.706. The molecule has 7 nitrogen and oxygen atoms in total. The molecule has 0 aromatic carbocycles. The number of aliphatic hydroxyl groups is 1. The Hall–Kier alpha value is -1.43. The molecule has 0 aromatic heterocycles. The molecule has 0 spiro atoms. The molecule has 1 aliphatic heterocycles. The highest BCUT2D eigenvalue weighted by Gasteiger charge is 2.60. The first kappa shape index (κ1) is 18.9. The summed E-state index contributed by atoms with van der Waals surface area (Å²) >= 11 is 0. The van der Waals surface area contributed by atoms with Gasteiger partial charge in [-0.1, -0.05) is 12.0 Å². The van der Waals surface area contributed by atoms with Crippen molar-refractivity contribution in [2.24, 2.45) is 0 Å². The molecule has 0 radical (unpaired) electrons. The SMILES string of the molecule is C#CCO[C@@H]1[C@H]2OC(C)(C)O[C@H]2[C@@H](OCC=C)[C@H](O)[C@H]1OC(C)=O. The molecule has 0 unspecified atom stereocenters. The van der Waals surface area contributed by atoms with Crippen molar-refractivity contribution in [2.45, 2.75) is 63.2 Å². The third-order valence-corrected chi connectivity index (χ3v) is 3.88. The minimum Gasteiger partial charge on any atom is -0.457 e. The van der Waals surface area contributed by atoms with Gasteiger partial charge in [-0.2, -0.15) is 0 Å². The molecule has 1 aliphatic carbocycles. The van der Waals surface area contributed by atoms with Crippen molar-refractivity contribution in [2.75, 3.05) is 13.2 Å². The average molecular weight is 340 g/mol. The van der Waals surface area contributed by atoms with E-state index in [1.165, 1.54) is 6.92 Å². The van der Waals surface area contributed by atoms with Crippen molar-refractivity contribution in [3.8, 4) is 12.3 Å². The number of esters is 1. The van der Waals surface area contributed by atoms with Gasteiger partial charge in [0.05, 0.1) is 6.61 Å². The number of hydrogen-bond donors (Lipinski definition) is 1. The van der Waals surface area contributed by atoms with E-state index in [1.54, 1.807) is 19.9 Å². The summed E-state index contributed by atoms with van der Waals surface area (Å²) in [4.78, 5) is 11.5. The Morgan fingerprint density at radius 2 is 1.92 bits per heavy atom. The number of rotatable bonds is 6. The quantitative estimate of drug-likeness (QED) is 0.426. The Morgan fingerprint density at radius 3 is 2.46 bits per heavy atom. The lowest BCUT2D eigenvalue weighted by atomic mass is 9.84. The molecule has 0 amide bonds. The fourth-order valence-electron chi connectivity index (χ4n) is 3.12. The minimum absolute atomic E-state index is 0.0136. The van der Waals surface area contributed by atoms with Crippen LogP contribution in [0.1, 0.15) is 20.8 Å². The van der Waals surface area contributed by atoms with E-state index < -0.39 is 48.4 Å². The van der Waals surface area contributed by atoms with Crippen LogP contribution in [-0.4, -0.2) is 66.7 Å². The van der Waals surface area contributed by atoms with Crippen molar-refractivity contribution < 1.29 is 33.6 Å². The number of carbonyl (C=O) groups is 1. The van der Waals surface area contributed by atoms with Crippen LogP contribution in [0.3, 0.4) is 0 Å². The molecule has 24 heavy (non-hydrogen) atoms. The second kappa shape index (κ2) is 7.64. The first-order valence-electron chi connectivity index (χ1n) is 7.79. The van der Waals surface area contributed by atoms with E-state index in [0.29, 0.717) is 0 Å². The molecule has 7 heteroatoms. The first-order chi connectivity index (χ1) is 11.3. The van der Waals surface area contributed by atoms with Gasteiger partial charge in [-0.3, -0.25) is 4.79 Å². The topological polar surface area (TPSA) is 83.5 Å². The summed E-state index contributed by atoms with van der Waals surface area (Å²) in [5.41, 5.74) is 0. The molecule has 6 atom stereocenters. The van der Waals surface area contributed by atoms with Gasteiger partial charge in [0.1, 0.15) is 37.1 Å². The summed E-state index contributed by atoms with van der Waals surface area (Å²) in [5, 5.41) is 10.7. The maximum absolute atomic E-state index is 11.5. The van der Waals surface area contributed by atoms with Gasteiger partial charge in [0, 0.05) is 6.92 Å². The van der Waals surface area contributed by atoms with Crippen molar-refractivity contribution in [3.63, 3.8) is 0 Å². The van der Waals surface area contributed by atoms with Crippen LogP contribution < -0.4 is 0 Å². The summed E-state index contributed by atoms with van der Waals surface area (Å²) < 4.78 is 28.3. The van der Waals surface area contributed by atoms with Gasteiger partial charge < -0.3 is 28.8 Å². The van der Waals surface area contributed by atoms with E-state index in [2.05, 4.69) is 12.5 Å². The Morgan fingerprint density at radius 1 is 1.29 bits per heavy atom. The van der Waals surface area contributed by atoms with Crippen LogP contribution in [-0.2, 0) is 28.5 Å². The highest BCUT2D eigenvalue weighted by atomic mass is 16.8. The van der Waals surface area contributed by atoms with Crippen molar-refractivity contribution in [3.05, 3.63) is 12.7 Å². The van der Waals surface area contributed by atoms with Crippen LogP contribution in [0.2, 0.25) is 0 Å². The molecule has 2 rings (SSSR count). The van der Waals surface area contributed by atoms with Gasteiger partial charge in [-0.05, 0) is 13.8 Å². The number of carbonyl (C=O) groups excluding carboxylic acids is 1. The predicted octanol–water partition coefficient (Wildman–Crippen LogP) is 0.402. The van der Waals surface area contributed by atoms with Crippen molar-refractivity contribution in [1.82, 2.24) is 0 Å². The van der Waals surface area contributed by atoms with Gasteiger partial charge in [-0.15, -0.1) is 13.0 Å². The van der Waals surface area contributed by atoms with Gasteiger partial charge in [0.2, 0.25) is 0 Å². The maximum atomic E-state index is 11.5. The number of ether oxygens (including phenoxy) is 5. The Labute approximate surface area is 141 Å². The number of fused-ring (bicyclic) bond motifs is 1. The average Bonchev–Trinajstić information content (AvgIpc) is 2.81. The molecule has 0 aromatic rings. The molecule has 1 saturated heterocycles. The van der Waals surface area contributed by atoms with E-state index in [1.807, 2.05) is 0 Å². The van der Waals surface area contributed by atoms with Crippen LogP contribution >= 0.6 is 0 Å². The Balaban J connectivity index is 2.32. The first-order valence-corrected chi connectivity index (χ1v) is 7.79. The van der Waals surface area contributed by atoms with Gasteiger partial charge in [0.25, 0.3) is 0 Å². The zero-order chi connectivity index (χ0) is 17.9. The third-order valence-electron chi connectivity index (χ3n) is 3.88. The molecule has 1 saturated carbocycles. The summed E-state index contributed by atoms with van der Waals surface area (Å²) in [7, 11) is 0. The molecule has 134 valence electrons. The molecular weight excluding hydrogens is 316 g/mol. The predicted molar refractivity (Wildman–Crippen MR) is 83.9 cm³/mol. The second-order valence-electron chi connectivity index (χ2n) is 6.20. The molecule has 1 heterocycles. The lowest BCUT2D eigenvalue weighted by Gasteiger charge is -2.43. The lowest BCUT2D eigenvalue weighted by molar-refractivity contribution is -0.225. The Bertz CT molecular complexity index is 510. The zero-order valence-corrected chi connectivity index (χ0v) is 14.1. The molecule has 2 fully saturated rings. The van der Waals surface area contributed by atoms with Gasteiger partial charge >= 0.3 is 5.97 Å². The molecule has 2 aliphatic rings. The standard InChI is InChI=1S/C17H24O7/c1-6-8-20-12-11(19)13(22-10(3)18)14(21-9-7-2)16-15(12)23-17(4,5)24-16/h2,6,11-16,19H,1,8-9H2,3-5H3/t11-,12-,13+,14-,15-,16+/m0/s1. The van der Waals surface area contributed by atoms with E-state index in [4.69, 9.17) is 30.1 Å². The van der Waals surface area contributed by atoms with Gasteiger partial charge in [-0.25, -0.2) is 0 Å². The van der Waals surface area contributed by atoms with Crippen LogP contribution in [0, 0.1) is 12.3 Å². The summed E-state index contributed by atoms with van der Waals surface area (Å²) in [6.07, 6.45) is 1.96. The Kier molecular flexibility index (Phi) is 6.01. The van der Waals surface area contributed by atoms with E-state index in [0.717, 1.165) is 0 Å².